The second-order valence-electron chi connectivity index (χ2n) is 7.92. The lowest BCUT2D eigenvalue weighted by Crippen LogP contribution is -2.49. The summed E-state index contributed by atoms with van der Waals surface area (Å²) in [6.45, 7) is 4.22. The smallest absolute Gasteiger partial charge is 0.193 e. The van der Waals surface area contributed by atoms with Crippen molar-refractivity contribution in [3.8, 4) is 5.75 Å². The molecule has 7 heteroatoms. The molecule has 0 radical (unpaired) electrons. The molecule has 0 saturated carbocycles. The summed E-state index contributed by atoms with van der Waals surface area (Å²) in [5.74, 6) is 0.616. The summed E-state index contributed by atoms with van der Waals surface area (Å²) in [7, 11) is 0. The summed E-state index contributed by atoms with van der Waals surface area (Å²) in [6.07, 6.45) is -0.590. The van der Waals surface area contributed by atoms with Gasteiger partial charge in [-0.15, -0.1) is 12.4 Å². The number of β-amino-alcohol motifs (C(OH)–C–C–N with tert-alkyl or cyclic N) is 1. The molecule has 1 aliphatic heterocycles. The largest absolute Gasteiger partial charge is 0.491 e. The fraction of sp³-hybridized carbons (Fsp3) is 0.269. The van der Waals surface area contributed by atoms with E-state index in [4.69, 9.17) is 16.3 Å². The number of hydrogen-bond acceptors (Lipinski definition) is 5. The molecule has 0 spiro atoms. The quantitative estimate of drug-likeness (QED) is 0.473. The average Bonchev–Trinajstić information content (AvgIpc) is 2.84. The van der Waals surface area contributed by atoms with Gasteiger partial charge in [0.25, 0.3) is 0 Å². The fourth-order valence-corrected chi connectivity index (χ4v) is 4.14. The van der Waals surface area contributed by atoms with E-state index in [1.807, 2.05) is 42.5 Å². The minimum absolute atomic E-state index is 0. The summed E-state index contributed by atoms with van der Waals surface area (Å²) in [5, 5.41) is 11.2. The van der Waals surface area contributed by atoms with Gasteiger partial charge in [0.2, 0.25) is 0 Å². The average molecular weight is 487 g/mol. The van der Waals surface area contributed by atoms with Crippen molar-refractivity contribution in [2.75, 3.05) is 44.2 Å². The van der Waals surface area contributed by atoms with Crippen LogP contribution in [0.3, 0.4) is 0 Å². The van der Waals surface area contributed by atoms with Crippen LogP contribution in [0.5, 0.6) is 5.75 Å². The maximum Gasteiger partial charge on any atom is 0.193 e. The maximum absolute atomic E-state index is 12.5. The molecule has 0 bridgehead atoms. The van der Waals surface area contributed by atoms with Gasteiger partial charge in [-0.05, 0) is 36.4 Å². The Morgan fingerprint density at radius 2 is 1.48 bits per heavy atom. The molecule has 0 aromatic heterocycles. The number of anilines is 1. The first kappa shape index (κ1) is 25.1. The van der Waals surface area contributed by atoms with E-state index in [0.717, 1.165) is 36.9 Å². The van der Waals surface area contributed by atoms with Gasteiger partial charge in [0.05, 0.1) is 10.7 Å². The van der Waals surface area contributed by atoms with Crippen LogP contribution in [0.4, 0.5) is 5.69 Å². The third kappa shape index (κ3) is 6.71. The number of aliphatic hydroxyl groups is 1. The molecular formula is C26H28Cl2N2O3. The van der Waals surface area contributed by atoms with E-state index in [1.54, 1.807) is 36.4 Å². The predicted molar refractivity (Wildman–Crippen MR) is 135 cm³/mol. The number of nitrogens with zero attached hydrogens (tertiary/aromatic N) is 2. The summed E-state index contributed by atoms with van der Waals surface area (Å²) in [4.78, 5) is 17.0. The number of benzene rings is 3. The van der Waals surface area contributed by atoms with E-state index in [0.29, 0.717) is 23.4 Å². The molecule has 3 aromatic carbocycles. The van der Waals surface area contributed by atoms with E-state index in [-0.39, 0.29) is 24.8 Å². The Morgan fingerprint density at radius 3 is 2.15 bits per heavy atom. The van der Waals surface area contributed by atoms with Gasteiger partial charge in [0.15, 0.2) is 5.78 Å². The maximum atomic E-state index is 12.5. The minimum Gasteiger partial charge on any atom is -0.491 e. The minimum atomic E-state index is -0.590. The van der Waals surface area contributed by atoms with Crippen LogP contribution in [0.15, 0.2) is 78.9 Å². The molecule has 1 aliphatic rings. The van der Waals surface area contributed by atoms with E-state index in [1.165, 1.54) is 0 Å². The van der Waals surface area contributed by atoms with Gasteiger partial charge < -0.3 is 14.7 Å². The number of piperazine rings is 1. The van der Waals surface area contributed by atoms with Crippen LogP contribution in [0, 0.1) is 0 Å². The highest BCUT2D eigenvalue weighted by Gasteiger charge is 2.21. The number of aliphatic hydroxyl groups excluding tert-OH is 1. The number of hydrogen-bond donors (Lipinski definition) is 1. The second kappa shape index (κ2) is 12.1. The van der Waals surface area contributed by atoms with Crippen molar-refractivity contribution in [3.63, 3.8) is 0 Å². The van der Waals surface area contributed by atoms with Gasteiger partial charge in [-0.2, -0.15) is 0 Å². The lowest BCUT2D eigenvalue weighted by atomic mass is 10.0. The number of rotatable bonds is 8. The summed E-state index contributed by atoms with van der Waals surface area (Å²) in [5.41, 5.74) is 2.33. The van der Waals surface area contributed by atoms with Crippen molar-refractivity contribution in [2.45, 2.75) is 6.10 Å². The van der Waals surface area contributed by atoms with Gasteiger partial charge in [0, 0.05) is 43.9 Å². The van der Waals surface area contributed by atoms with Crippen LogP contribution < -0.4 is 9.64 Å². The number of carbonyl (C=O) groups is 1. The van der Waals surface area contributed by atoms with Crippen molar-refractivity contribution in [2.24, 2.45) is 0 Å². The Bertz CT molecular complexity index is 1020. The molecule has 1 N–H and O–H groups in total. The van der Waals surface area contributed by atoms with Crippen LogP contribution in [-0.4, -0.2) is 61.2 Å². The Morgan fingerprint density at radius 1 is 0.879 bits per heavy atom. The lowest BCUT2D eigenvalue weighted by molar-refractivity contribution is 0.0663. The summed E-state index contributed by atoms with van der Waals surface area (Å²) in [6, 6.07) is 24.1. The molecule has 5 nitrogen and oxygen atoms in total. The van der Waals surface area contributed by atoms with Gasteiger partial charge in [-0.25, -0.2) is 0 Å². The SMILES string of the molecule is Cl.O=C(c1ccccc1)c1ccc(OCC(O)CN2CCN(c3ccccc3Cl)CC2)cc1. The number of carbonyl (C=O) groups excluding carboxylic acids is 1. The molecule has 4 rings (SSSR count). The van der Waals surface area contributed by atoms with E-state index in [9.17, 15) is 9.90 Å². The van der Waals surface area contributed by atoms with Crippen molar-refractivity contribution in [3.05, 3.63) is 95.0 Å². The van der Waals surface area contributed by atoms with E-state index >= 15 is 0 Å². The molecule has 1 fully saturated rings. The molecule has 33 heavy (non-hydrogen) atoms. The van der Waals surface area contributed by atoms with Crippen LogP contribution in [0.1, 0.15) is 15.9 Å². The number of ether oxygens (including phenoxy) is 1. The second-order valence-corrected chi connectivity index (χ2v) is 8.33. The predicted octanol–water partition coefficient (Wildman–Crippen LogP) is 4.55. The number of para-hydroxylation sites is 1. The first-order chi connectivity index (χ1) is 15.6. The molecule has 1 saturated heterocycles. The first-order valence-electron chi connectivity index (χ1n) is 10.8. The third-order valence-electron chi connectivity index (χ3n) is 5.63. The van der Waals surface area contributed by atoms with E-state index < -0.39 is 6.10 Å². The highest BCUT2D eigenvalue weighted by Crippen LogP contribution is 2.26. The van der Waals surface area contributed by atoms with Crippen molar-refractivity contribution < 1.29 is 14.6 Å². The molecule has 3 aromatic rings. The standard InChI is InChI=1S/C26H27ClN2O3.ClH/c27-24-8-4-5-9-25(24)29-16-14-28(15-17-29)18-22(30)19-32-23-12-10-21(11-13-23)26(31)20-6-2-1-3-7-20;/h1-13,22,30H,14-19H2;1H. The summed E-state index contributed by atoms with van der Waals surface area (Å²) < 4.78 is 5.74. The number of halogens is 2. The fourth-order valence-electron chi connectivity index (χ4n) is 3.88. The zero-order valence-corrected chi connectivity index (χ0v) is 19.8. The van der Waals surface area contributed by atoms with Gasteiger partial charge >= 0.3 is 0 Å². The normalized spacial score (nSPS) is 14.9. The van der Waals surface area contributed by atoms with E-state index in [2.05, 4.69) is 9.80 Å². The molecule has 174 valence electrons. The van der Waals surface area contributed by atoms with Gasteiger partial charge in [-0.3, -0.25) is 9.69 Å². The van der Waals surface area contributed by atoms with Gasteiger partial charge in [0.1, 0.15) is 18.5 Å². The lowest BCUT2D eigenvalue weighted by Gasteiger charge is -2.37. The highest BCUT2D eigenvalue weighted by atomic mass is 35.5. The molecular weight excluding hydrogens is 459 g/mol. The Kier molecular flexibility index (Phi) is 9.15. The molecule has 0 aliphatic carbocycles. The van der Waals surface area contributed by atoms with Crippen LogP contribution in [0.2, 0.25) is 5.02 Å². The van der Waals surface area contributed by atoms with Crippen molar-refractivity contribution in [1.82, 2.24) is 4.90 Å². The third-order valence-corrected chi connectivity index (χ3v) is 5.95. The topological polar surface area (TPSA) is 53.0 Å². The van der Waals surface area contributed by atoms with Gasteiger partial charge in [-0.1, -0.05) is 54.1 Å². The first-order valence-corrected chi connectivity index (χ1v) is 11.2. The zero-order chi connectivity index (χ0) is 22.3. The highest BCUT2D eigenvalue weighted by molar-refractivity contribution is 6.33. The zero-order valence-electron chi connectivity index (χ0n) is 18.3. The Labute approximate surface area is 206 Å². The summed E-state index contributed by atoms with van der Waals surface area (Å²) >= 11 is 6.31. The van der Waals surface area contributed by atoms with Crippen LogP contribution in [0.25, 0.3) is 0 Å². The van der Waals surface area contributed by atoms with Crippen LogP contribution in [-0.2, 0) is 0 Å². The van der Waals surface area contributed by atoms with Crippen molar-refractivity contribution in [1.29, 1.82) is 0 Å². The molecule has 1 atom stereocenters. The molecule has 1 heterocycles. The van der Waals surface area contributed by atoms with Crippen molar-refractivity contribution >= 4 is 35.5 Å². The Balaban J connectivity index is 0.00000306. The molecule has 1 unspecified atom stereocenters. The number of ketones is 1. The molecule has 0 amide bonds. The van der Waals surface area contributed by atoms with Crippen LogP contribution >= 0.6 is 24.0 Å². The monoisotopic (exact) mass is 486 g/mol. The Hall–Kier alpha value is -2.57.